The summed E-state index contributed by atoms with van der Waals surface area (Å²) >= 11 is 0. The van der Waals surface area contributed by atoms with Gasteiger partial charge in [0.1, 0.15) is 5.82 Å². The lowest BCUT2D eigenvalue weighted by atomic mass is 10.2. The minimum absolute atomic E-state index is 0.114. The molecule has 0 amide bonds. The molecule has 0 radical (unpaired) electrons. The molecule has 0 atom stereocenters. The van der Waals surface area contributed by atoms with E-state index in [0.29, 0.717) is 23.7 Å². The fourth-order valence-corrected chi connectivity index (χ4v) is 2.07. The van der Waals surface area contributed by atoms with Crippen LogP contribution in [-0.2, 0) is 0 Å². The molecule has 1 aromatic heterocycles. The number of rotatable bonds is 3. The van der Waals surface area contributed by atoms with Crippen LogP contribution < -0.4 is 4.74 Å². The molecular formula is C15H14N2O2. The van der Waals surface area contributed by atoms with Crippen molar-refractivity contribution < 1.29 is 9.84 Å². The fourth-order valence-electron chi connectivity index (χ4n) is 2.07. The molecule has 96 valence electrons. The first kappa shape index (κ1) is 11.6. The lowest BCUT2D eigenvalue weighted by Crippen LogP contribution is -1.93. The Labute approximate surface area is 110 Å². The predicted octanol–water partition coefficient (Wildman–Crippen LogP) is 3.33. The molecule has 0 aliphatic rings. The van der Waals surface area contributed by atoms with Gasteiger partial charge < -0.3 is 14.8 Å². The van der Waals surface area contributed by atoms with Crippen molar-refractivity contribution in [1.82, 2.24) is 9.97 Å². The Morgan fingerprint density at radius 3 is 2.79 bits per heavy atom. The Morgan fingerprint density at radius 2 is 2.00 bits per heavy atom. The highest BCUT2D eigenvalue weighted by Crippen LogP contribution is 2.36. The normalized spacial score (nSPS) is 10.8. The van der Waals surface area contributed by atoms with Gasteiger partial charge in [-0.2, -0.15) is 0 Å². The maximum absolute atomic E-state index is 10.2. The number of aromatic hydroxyl groups is 1. The second kappa shape index (κ2) is 4.65. The van der Waals surface area contributed by atoms with Crippen molar-refractivity contribution in [1.29, 1.82) is 0 Å². The van der Waals surface area contributed by atoms with Gasteiger partial charge in [0.2, 0.25) is 0 Å². The Morgan fingerprint density at radius 1 is 1.16 bits per heavy atom. The van der Waals surface area contributed by atoms with Gasteiger partial charge in [-0.25, -0.2) is 4.98 Å². The fraction of sp³-hybridized carbons (Fsp3) is 0.133. The van der Waals surface area contributed by atoms with Crippen molar-refractivity contribution in [2.75, 3.05) is 6.61 Å². The maximum Gasteiger partial charge on any atom is 0.168 e. The molecule has 0 saturated heterocycles. The molecule has 0 bridgehead atoms. The lowest BCUT2D eigenvalue weighted by molar-refractivity contribution is 0.318. The number of aromatic amines is 1. The zero-order chi connectivity index (χ0) is 13.2. The molecule has 1 heterocycles. The molecule has 4 heteroatoms. The van der Waals surface area contributed by atoms with Crippen LogP contribution in [0.5, 0.6) is 11.5 Å². The van der Waals surface area contributed by atoms with Crippen LogP contribution in [0.15, 0.2) is 42.5 Å². The van der Waals surface area contributed by atoms with Crippen LogP contribution in [0.1, 0.15) is 6.92 Å². The number of benzene rings is 2. The van der Waals surface area contributed by atoms with Crippen LogP contribution in [0.3, 0.4) is 0 Å². The van der Waals surface area contributed by atoms with Gasteiger partial charge in [0, 0.05) is 0 Å². The van der Waals surface area contributed by atoms with E-state index in [1.807, 2.05) is 43.3 Å². The van der Waals surface area contributed by atoms with Gasteiger partial charge in [0.05, 0.1) is 23.2 Å². The van der Waals surface area contributed by atoms with Crippen molar-refractivity contribution in [2.24, 2.45) is 0 Å². The molecule has 3 rings (SSSR count). The highest BCUT2D eigenvalue weighted by atomic mass is 16.5. The third-order valence-corrected chi connectivity index (χ3v) is 2.94. The van der Waals surface area contributed by atoms with Crippen molar-refractivity contribution in [2.45, 2.75) is 6.92 Å². The molecule has 0 unspecified atom stereocenters. The van der Waals surface area contributed by atoms with Gasteiger partial charge in [-0.05, 0) is 31.2 Å². The van der Waals surface area contributed by atoms with E-state index in [2.05, 4.69) is 9.97 Å². The first-order chi connectivity index (χ1) is 9.29. The Bertz CT molecular complexity index is 686. The van der Waals surface area contributed by atoms with Crippen LogP contribution in [-0.4, -0.2) is 21.7 Å². The van der Waals surface area contributed by atoms with Gasteiger partial charge in [-0.15, -0.1) is 0 Å². The molecule has 0 aliphatic heterocycles. The highest BCUT2D eigenvalue weighted by Gasteiger charge is 2.13. The Hall–Kier alpha value is -2.49. The third-order valence-electron chi connectivity index (χ3n) is 2.94. The minimum atomic E-state index is 0.114. The van der Waals surface area contributed by atoms with E-state index in [1.54, 1.807) is 6.07 Å². The Kier molecular flexibility index (Phi) is 2.83. The largest absolute Gasteiger partial charge is 0.504 e. The van der Waals surface area contributed by atoms with E-state index in [-0.39, 0.29) is 5.75 Å². The van der Waals surface area contributed by atoms with Gasteiger partial charge in [0.25, 0.3) is 0 Å². The van der Waals surface area contributed by atoms with Crippen molar-refractivity contribution >= 4 is 11.0 Å². The minimum Gasteiger partial charge on any atom is -0.504 e. The predicted molar refractivity (Wildman–Crippen MR) is 74.4 cm³/mol. The van der Waals surface area contributed by atoms with E-state index in [9.17, 15) is 5.11 Å². The summed E-state index contributed by atoms with van der Waals surface area (Å²) in [4.78, 5) is 7.67. The quantitative estimate of drug-likeness (QED) is 0.753. The number of phenols is 1. The third kappa shape index (κ3) is 2.01. The average Bonchev–Trinajstić information content (AvgIpc) is 2.85. The Balaban J connectivity index is 2.13. The summed E-state index contributed by atoms with van der Waals surface area (Å²) in [6.07, 6.45) is 0. The van der Waals surface area contributed by atoms with Crippen LogP contribution in [0.2, 0.25) is 0 Å². The summed E-state index contributed by atoms with van der Waals surface area (Å²) in [5.41, 5.74) is 2.46. The zero-order valence-electron chi connectivity index (χ0n) is 10.6. The molecule has 0 spiro atoms. The number of aromatic nitrogens is 2. The number of phenolic OH excluding ortho intramolecular Hbond substituents is 1. The van der Waals surface area contributed by atoms with Gasteiger partial charge in [0.15, 0.2) is 11.5 Å². The van der Waals surface area contributed by atoms with E-state index >= 15 is 0 Å². The first-order valence-corrected chi connectivity index (χ1v) is 6.19. The van der Waals surface area contributed by atoms with Gasteiger partial charge >= 0.3 is 0 Å². The van der Waals surface area contributed by atoms with Crippen LogP contribution in [0.25, 0.3) is 22.4 Å². The number of fused-ring (bicyclic) bond motifs is 1. The molecule has 19 heavy (non-hydrogen) atoms. The number of nitrogens with one attached hydrogen (secondary N) is 1. The molecule has 4 nitrogen and oxygen atoms in total. The zero-order valence-corrected chi connectivity index (χ0v) is 10.6. The number of H-pyrrole nitrogens is 1. The maximum atomic E-state index is 10.2. The molecule has 2 aromatic carbocycles. The monoisotopic (exact) mass is 254 g/mol. The van der Waals surface area contributed by atoms with Gasteiger partial charge in [-0.3, -0.25) is 0 Å². The number of imidazole rings is 1. The summed E-state index contributed by atoms with van der Waals surface area (Å²) in [6.45, 7) is 2.39. The molecule has 0 aliphatic carbocycles. The SMILES string of the molecule is CCOc1cccc(-c2nc3ccccc3[nH]2)c1O. The summed E-state index contributed by atoms with van der Waals surface area (Å²) in [6, 6.07) is 13.2. The van der Waals surface area contributed by atoms with E-state index in [1.165, 1.54) is 0 Å². The first-order valence-electron chi connectivity index (χ1n) is 6.19. The summed E-state index contributed by atoms with van der Waals surface area (Å²) in [7, 11) is 0. The molecule has 2 N–H and O–H groups in total. The summed E-state index contributed by atoms with van der Waals surface area (Å²) in [5.74, 6) is 1.23. The van der Waals surface area contributed by atoms with Crippen molar-refractivity contribution in [3.05, 3.63) is 42.5 Å². The molecule has 0 fully saturated rings. The molecule has 3 aromatic rings. The second-order valence-corrected chi connectivity index (χ2v) is 4.19. The van der Waals surface area contributed by atoms with E-state index < -0.39 is 0 Å². The smallest absolute Gasteiger partial charge is 0.168 e. The summed E-state index contributed by atoms with van der Waals surface area (Å²) < 4.78 is 5.38. The van der Waals surface area contributed by atoms with Gasteiger partial charge in [-0.1, -0.05) is 18.2 Å². The second-order valence-electron chi connectivity index (χ2n) is 4.19. The van der Waals surface area contributed by atoms with E-state index in [4.69, 9.17) is 4.74 Å². The van der Waals surface area contributed by atoms with Crippen LogP contribution in [0.4, 0.5) is 0 Å². The number of hydrogen-bond donors (Lipinski definition) is 2. The molecular weight excluding hydrogens is 240 g/mol. The van der Waals surface area contributed by atoms with E-state index in [0.717, 1.165) is 11.0 Å². The highest BCUT2D eigenvalue weighted by molar-refractivity contribution is 5.81. The van der Waals surface area contributed by atoms with Crippen molar-refractivity contribution in [3.63, 3.8) is 0 Å². The number of ether oxygens (including phenoxy) is 1. The van der Waals surface area contributed by atoms with Crippen LogP contribution >= 0.6 is 0 Å². The van der Waals surface area contributed by atoms with Crippen molar-refractivity contribution in [3.8, 4) is 22.9 Å². The topological polar surface area (TPSA) is 58.1 Å². The number of nitrogens with zero attached hydrogens (tertiary/aromatic N) is 1. The lowest BCUT2D eigenvalue weighted by Gasteiger charge is -2.08. The summed E-state index contributed by atoms with van der Waals surface area (Å²) in [5, 5.41) is 10.2. The molecule has 0 saturated carbocycles. The average molecular weight is 254 g/mol. The standard InChI is InChI=1S/C15H14N2O2/c1-2-19-13-9-5-6-10(14(13)18)15-16-11-7-3-4-8-12(11)17-15/h3-9,18H,2H2,1H3,(H,16,17). The number of para-hydroxylation sites is 3. The van der Waals surface area contributed by atoms with Crippen LogP contribution in [0, 0.1) is 0 Å². The number of hydrogen-bond acceptors (Lipinski definition) is 3.